The van der Waals surface area contributed by atoms with Crippen LogP contribution in [0, 0.1) is 0 Å². The van der Waals surface area contributed by atoms with E-state index in [4.69, 9.17) is 5.11 Å². The van der Waals surface area contributed by atoms with Crippen molar-refractivity contribution in [1.29, 1.82) is 0 Å². The highest BCUT2D eigenvalue weighted by molar-refractivity contribution is 5.68. The van der Waals surface area contributed by atoms with Crippen LogP contribution >= 0.6 is 0 Å². The molecule has 0 aromatic carbocycles. The number of hydrogen-bond donors (Lipinski definition) is 2. The van der Waals surface area contributed by atoms with Gasteiger partial charge in [-0.15, -0.1) is 0 Å². The largest absolute Gasteiger partial charge is 0.481 e. The van der Waals surface area contributed by atoms with Gasteiger partial charge in [-0.3, -0.25) is 9.69 Å². The molecule has 0 amide bonds. The van der Waals surface area contributed by atoms with Gasteiger partial charge in [0.2, 0.25) is 0 Å². The molecule has 0 bridgehead atoms. The van der Waals surface area contributed by atoms with Gasteiger partial charge in [-0.1, -0.05) is 6.92 Å². The molecular formula is C9H18N2O2. The molecule has 76 valence electrons. The Morgan fingerprint density at radius 1 is 1.62 bits per heavy atom. The Balaban J connectivity index is 2.52. The van der Waals surface area contributed by atoms with Crippen LogP contribution in [0.25, 0.3) is 0 Å². The predicted molar refractivity (Wildman–Crippen MR) is 50.8 cm³/mol. The molecule has 13 heavy (non-hydrogen) atoms. The first-order valence-corrected chi connectivity index (χ1v) is 4.74. The highest BCUT2D eigenvalue weighted by Gasteiger charge is 2.42. The smallest absolute Gasteiger partial charge is 0.305 e. The van der Waals surface area contributed by atoms with Crippen molar-refractivity contribution >= 4 is 5.97 Å². The van der Waals surface area contributed by atoms with E-state index in [-0.39, 0.29) is 12.0 Å². The van der Waals surface area contributed by atoms with Crippen LogP contribution in [-0.4, -0.2) is 48.2 Å². The van der Waals surface area contributed by atoms with E-state index in [0.29, 0.717) is 0 Å². The van der Waals surface area contributed by atoms with Crippen LogP contribution in [0.5, 0.6) is 0 Å². The van der Waals surface area contributed by atoms with Gasteiger partial charge in [0.05, 0.1) is 12.0 Å². The summed E-state index contributed by atoms with van der Waals surface area (Å²) in [5.41, 5.74) is -0.123. The molecular weight excluding hydrogens is 168 g/mol. The Labute approximate surface area is 78.9 Å². The quantitative estimate of drug-likeness (QED) is 0.641. The molecule has 0 unspecified atom stereocenters. The Bertz CT molecular complexity index is 190. The number of nitrogens with one attached hydrogen (secondary N) is 1. The Hall–Kier alpha value is -0.610. The molecule has 0 radical (unpaired) electrons. The third-order valence-electron chi connectivity index (χ3n) is 2.76. The van der Waals surface area contributed by atoms with Crippen LogP contribution in [0.2, 0.25) is 0 Å². The minimum Gasteiger partial charge on any atom is -0.481 e. The topological polar surface area (TPSA) is 52.6 Å². The fraction of sp³-hybridized carbons (Fsp3) is 0.889. The van der Waals surface area contributed by atoms with Crippen LogP contribution in [0.15, 0.2) is 0 Å². The zero-order chi connectivity index (χ0) is 9.90. The second kappa shape index (κ2) is 4.07. The lowest BCUT2D eigenvalue weighted by molar-refractivity contribution is -0.141. The molecule has 1 fully saturated rings. The van der Waals surface area contributed by atoms with E-state index in [9.17, 15) is 4.79 Å². The van der Waals surface area contributed by atoms with Crippen LogP contribution in [0.3, 0.4) is 0 Å². The molecule has 1 rings (SSSR count). The molecule has 4 heteroatoms. The van der Waals surface area contributed by atoms with Crippen molar-refractivity contribution in [3.8, 4) is 0 Å². The molecule has 1 heterocycles. The Morgan fingerprint density at radius 2 is 2.23 bits per heavy atom. The minimum atomic E-state index is -0.704. The lowest BCUT2D eigenvalue weighted by Gasteiger charge is -2.48. The van der Waals surface area contributed by atoms with Crippen LogP contribution in [0.4, 0.5) is 0 Å². The van der Waals surface area contributed by atoms with Gasteiger partial charge in [0.25, 0.3) is 0 Å². The number of carboxylic acids is 1. The van der Waals surface area contributed by atoms with Gasteiger partial charge in [-0.25, -0.2) is 0 Å². The maximum atomic E-state index is 10.7. The zero-order valence-electron chi connectivity index (χ0n) is 8.34. The highest BCUT2D eigenvalue weighted by atomic mass is 16.4. The molecule has 2 N–H and O–H groups in total. The van der Waals surface area contributed by atoms with Crippen LogP contribution in [-0.2, 0) is 4.79 Å². The molecule has 0 atom stereocenters. The summed E-state index contributed by atoms with van der Waals surface area (Å²) in [5, 5.41) is 11.9. The van der Waals surface area contributed by atoms with Crippen molar-refractivity contribution in [2.24, 2.45) is 0 Å². The first kappa shape index (κ1) is 10.5. The molecule has 0 aromatic heterocycles. The Morgan fingerprint density at radius 3 is 2.54 bits per heavy atom. The van der Waals surface area contributed by atoms with Crippen molar-refractivity contribution in [2.75, 3.05) is 26.7 Å². The number of carboxylic acid groups (broad SMARTS) is 1. The monoisotopic (exact) mass is 186 g/mol. The van der Waals surface area contributed by atoms with Gasteiger partial charge >= 0.3 is 5.97 Å². The van der Waals surface area contributed by atoms with Crippen molar-refractivity contribution in [3.05, 3.63) is 0 Å². The van der Waals surface area contributed by atoms with E-state index in [2.05, 4.69) is 17.1 Å². The fourth-order valence-corrected chi connectivity index (χ4v) is 1.80. The summed E-state index contributed by atoms with van der Waals surface area (Å²) in [6, 6.07) is 0. The summed E-state index contributed by atoms with van der Waals surface area (Å²) in [6.45, 7) is 4.68. The van der Waals surface area contributed by atoms with Crippen LogP contribution in [0.1, 0.15) is 19.8 Å². The molecule has 1 saturated heterocycles. The van der Waals surface area contributed by atoms with Gasteiger partial charge in [-0.2, -0.15) is 0 Å². The van der Waals surface area contributed by atoms with Crippen molar-refractivity contribution < 1.29 is 9.90 Å². The van der Waals surface area contributed by atoms with Crippen LogP contribution < -0.4 is 5.32 Å². The third-order valence-corrected chi connectivity index (χ3v) is 2.76. The first-order chi connectivity index (χ1) is 6.10. The standard InChI is InChI=1S/C9H18N2O2/c1-3-4-11(2)9(5-8(12)13)6-10-7-9/h10H,3-7H2,1-2H3,(H,12,13). The second-order valence-electron chi connectivity index (χ2n) is 3.82. The number of hydrogen-bond acceptors (Lipinski definition) is 3. The summed E-state index contributed by atoms with van der Waals surface area (Å²) < 4.78 is 0. The van der Waals surface area contributed by atoms with Gasteiger partial charge in [0, 0.05) is 13.1 Å². The molecule has 4 nitrogen and oxygen atoms in total. The number of carbonyl (C=O) groups is 1. The number of rotatable bonds is 5. The summed E-state index contributed by atoms with van der Waals surface area (Å²) in [4.78, 5) is 12.8. The maximum Gasteiger partial charge on any atom is 0.305 e. The molecule has 1 aliphatic heterocycles. The molecule has 0 saturated carbocycles. The summed E-state index contributed by atoms with van der Waals surface area (Å²) in [7, 11) is 2.01. The van der Waals surface area contributed by atoms with Crippen molar-refractivity contribution in [1.82, 2.24) is 10.2 Å². The molecule has 0 aromatic rings. The zero-order valence-corrected chi connectivity index (χ0v) is 8.34. The normalized spacial score (nSPS) is 19.9. The van der Waals surface area contributed by atoms with Gasteiger partial charge in [-0.05, 0) is 20.0 Å². The predicted octanol–water partition coefficient (Wildman–Crippen LogP) is 0.145. The average Bonchev–Trinajstić information content (AvgIpc) is 1.96. The lowest BCUT2D eigenvalue weighted by atomic mass is 9.86. The second-order valence-corrected chi connectivity index (χ2v) is 3.82. The lowest BCUT2D eigenvalue weighted by Crippen LogP contribution is -2.68. The fourth-order valence-electron chi connectivity index (χ4n) is 1.80. The number of aliphatic carboxylic acids is 1. The molecule has 1 aliphatic rings. The summed E-state index contributed by atoms with van der Waals surface area (Å²) >= 11 is 0. The minimum absolute atomic E-state index is 0.123. The highest BCUT2D eigenvalue weighted by Crippen LogP contribution is 2.23. The maximum absolute atomic E-state index is 10.7. The van der Waals surface area contributed by atoms with Gasteiger partial charge in [0.15, 0.2) is 0 Å². The van der Waals surface area contributed by atoms with E-state index >= 15 is 0 Å². The van der Waals surface area contributed by atoms with E-state index < -0.39 is 5.97 Å². The van der Waals surface area contributed by atoms with E-state index in [1.165, 1.54) is 0 Å². The van der Waals surface area contributed by atoms with Gasteiger partial charge < -0.3 is 10.4 Å². The van der Waals surface area contributed by atoms with E-state index in [1.807, 2.05) is 7.05 Å². The summed E-state index contributed by atoms with van der Waals surface area (Å²) in [6.07, 6.45) is 1.31. The molecule has 0 aliphatic carbocycles. The SMILES string of the molecule is CCCN(C)C1(CC(=O)O)CNC1. The van der Waals surface area contributed by atoms with E-state index in [0.717, 1.165) is 26.1 Å². The third kappa shape index (κ3) is 2.19. The van der Waals surface area contributed by atoms with E-state index in [1.54, 1.807) is 0 Å². The van der Waals surface area contributed by atoms with Crippen molar-refractivity contribution in [2.45, 2.75) is 25.3 Å². The first-order valence-electron chi connectivity index (χ1n) is 4.74. The molecule has 0 spiro atoms. The number of likely N-dealkylation sites (N-methyl/N-ethyl adjacent to an activating group) is 1. The summed E-state index contributed by atoms with van der Waals surface area (Å²) in [5.74, 6) is -0.704. The number of nitrogens with zero attached hydrogens (tertiary/aromatic N) is 1. The average molecular weight is 186 g/mol. The van der Waals surface area contributed by atoms with Crippen molar-refractivity contribution in [3.63, 3.8) is 0 Å². The van der Waals surface area contributed by atoms with Gasteiger partial charge in [0.1, 0.15) is 0 Å². The Kier molecular flexibility index (Phi) is 3.27.